The molecule has 9 heteroatoms. The zero-order chi connectivity index (χ0) is 25.0. The molecule has 37 heavy (non-hydrogen) atoms. The summed E-state index contributed by atoms with van der Waals surface area (Å²) in [6.45, 7) is 2.34. The number of benzene rings is 1. The molecule has 3 saturated heterocycles. The van der Waals surface area contributed by atoms with Gasteiger partial charge in [0.15, 0.2) is 0 Å². The van der Waals surface area contributed by atoms with Gasteiger partial charge in [-0.3, -0.25) is 4.79 Å². The van der Waals surface area contributed by atoms with Gasteiger partial charge in [0.25, 0.3) is 0 Å². The number of hydrogen-bond donors (Lipinski definition) is 1. The van der Waals surface area contributed by atoms with E-state index in [0.717, 1.165) is 85.3 Å². The molecule has 7 rings (SSSR count). The minimum absolute atomic E-state index is 0.104. The van der Waals surface area contributed by atoms with Crippen LogP contribution in [0.25, 0.3) is 22.2 Å². The summed E-state index contributed by atoms with van der Waals surface area (Å²) in [5.74, 6) is 3.81. The van der Waals surface area contributed by atoms with Crippen LogP contribution in [0.3, 0.4) is 0 Å². The largest absolute Gasteiger partial charge is 0.491 e. The van der Waals surface area contributed by atoms with E-state index in [-0.39, 0.29) is 11.5 Å². The number of nitrogen functional groups attached to an aromatic ring is 1. The number of rotatable bonds is 7. The zero-order valence-corrected chi connectivity index (χ0v) is 21.8. The lowest BCUT2D eigenvalue weighted by Crippen LogP contribution is -2.44. The van der Waals surface area contributed by atoms with Crippen molar-refractivity contribution in [3.05, 3.63) is 36.8 Å². The van der Waals surface area contributed by atoms with Crippen LogP contribution in [0, 0.1) is 5.92 Å². The molecule has 0 unspecified atom stereocenters. The van der Waals surface area contributed by atoms with Crippen LogP contribution in [0.15, 0.2) is 36.8 Å². The summed E-state index contributed by atoms with van der Waals surface area (Å²) < 4.78 is 14.7. The van der Waals surface area contributed by atoms with Gasteiger partial charge in [-0.1, -0.05) is 12.1 Å². The van der Waals surface area contributed by atoms with Crippen molar-refractivity contribution in [2.45, 2.75) is 56.3 Å². The first-order valence-electron chi connectivity index (χ1n) is 13.4. The van der Waals surface area contributed by atoms with E-state index in [1.54, 1.807) is 18.1 Å². The quantitative estimate of drug-likeness (QED) is 0.497. The fourth-order valence-electron chi connectivity index (χ4n) is 6.59. The van der Waals surface area contributed by atoms with E-state index in [9.17, 15) is 4.79 Å². The molecule has 3 aliphatic heterocycles. The van der Waals surface area contributed by atoms with E-state index in [4.69, 9.17) is 15.2 Å². The van der Waals surface area contributed by atoms with Crippen molar-refractivity contribution in [1.82, 2.24) is 19.4 Å². The highest BCUT2D eigenvalue weighted by molar-refractivity contribution is 8.00. The first kappa shape index (κ1) is 23.3. The van der Waals surface area contributed by atoms with Gasteiger partial charge >= 0.3 is 0 Å². The van der Waals surface area contributed by atoms with Crippen molar-refractivity contribution in [1.29, 1.82) is 0 Å². The van der Waals surface area contributed by atoms with Crippen molar-refractivity contribution in [3.63, 3.8) is 0 Å². The molecule has 1 aliphatic carbocycles. The Balaban J connectivity index is 1.11. The minimum Gasteiger partial charge on any atom is -0.491 e. The van der Waals surface area contributed by atoms with Gasteiger partial charge in [0.05, 0.1) is 17.2 Å². The third kappa shape index (κ3) is 4.26. The Bertz CT molecular complexity index is 1330. The van der Waals surface area contributed by atoms with Crippen LogP contribution in [-0.2, 0) is 9.53 Å². The second-order valence-electron chi connectivity index (χ2n) is 11.1. The second kappa shape index (κ2) is 9.20. The molecule has 0 atom stereocenters. The highest BCUT2D eigenvalue weighted by Gasteiger charge is 2.46. The Hall–Kier alpha value is -2.78. The smallest absolute Gasteiger partial charge is 0.232 e. The number of ether oxygens (including phenoxy) is 2. The number of carbonyl (C=O) groups is 1. The Morgan fingerprint density at radius 1 is 1.22 bits per heavy atom. The molecule has 4 fully saturated rings. The molecule has 2 N–H and O–H groups in total. The summed E-state index contributed by atoms with van der Waals surface area (Å²) >= 11 is 1.74. The fourth-order valence-corrected chi connectivity index (χ4v) is 7.44. The molecular weight excluding hydrogens is 486 g/mol. The van der Waals surface area contributed by atoms with Crippen molar-refractivity contribution in [2.24, 2.45) is 5.92 Å². The summed E-state index contributed by atoms with van der Waals surface area (Å²) in [5, 5.41) is 0.891. The molecule has 1 aromatic carbocycles. The van der Waals surface area contributed by atoms with Crippen molar-refractivity contribution in [2.75, 3.05) is 36.9 Å². The Morgan fingerprint density at radius 2 is 2.08 bits per heavy atom. The molecule has 0 spiro atoms. The number of fused-ring (bicyclic) bond motifs is 3. The number of thioether (sulfide) groups is 1. The maximum Gasteiger partial charge on any atom is 0.232 e. The van der Waals surface area contributed by atoms with Crippen LogP contribution in [0.1, 0.15) is 44.6 Å². The third-order valence-corrected chi connectivity index (χ3v) is 9.64. The van der Waals surface area contributed by atoms with Crippen molar-refractivity contribution < 1.29 is 14.3 Å². The van der Waals surface area contributed by atoms with Gasteiger partial charge in [0.1, 0.15) is 35.7 Å². The predicted molar refractivity (Wildman–Crippen MR) is 145 cm³/mol. The fraction of sp³-hybridized carbons (Fsp3) is 0.536. The monoisotopic (exact) mass is 519 g/mol. The molecule has 1 saturated carbocycles. The number of hydrogen-bond acceptors (Lipinski definition) is 7. The summed E-state index contributed by atoms with van der Waals surface area (Å²) in [6, 6.07) is 8.58. The molecule has 3 aromatic rings. The topological polar surface area (TPSA) is 95.5 Å². The van der Waals surface area contributed by atoms with Gasteiger partial charge in [0.2, 0.25) is 5.91 Å². The maximum atomic E-state index is 12.2. The number of anilines is 1. The summed E-state index contributed by atoms with van der Waals surface area (Å²) in [5.41, 5.74) is 9.24. The normalized spacial score (nSPS) is 29.1. The average Bonchev–Trinajstić information content (AvgIpc) is 3.60. The van der Waals surface area contributed by atoms with Crippen molar-refractivity contribution in [3.8, 4) is 16.9 Å². The number of amides is 1. The number of aromatic nitrogens is 3. The van der Waals surface area contributed by atoms with Gasteiger partial charge in [-0.05, 0) is 62.1 Å². The molecular formula is C28H33N5O3S. The Morgan fingerprint density at radius 3 is 2.86 bits per heavy atom. The van der Waals surface area contributed by atoms with Crippen LogP contribution in [0.4, 0.5) is 5.82 Å². The lowest BCUT2D eigenvalue weighted by Gasteiger charge is -2.40. The van der Waals surface area contributed by atoms with Gasteiger partial charge in [-0.25, -0.2) is 9.97 Å². The van der Waals surface area contributed by atoms with E-state index in [1.807, 2.05) is 17.0 Å². The van der Waals surface area contributed by atoms with Crippen molar-refractivity contribution >= 4 is 34.5 Å². The highest BCUT2D eigenvalue weighted by Crippen LogP contribution is 2.45. The molecule has 194 valence electrons. The van der Waals surface area contributed by atoms with E-state index in [0.29, 0.717) is 36.2 Å². The van der Waals surface area contributed by atoms with Crippen LogP contribution < -0.4 is 10.5 Å². The molecule has 2 bridgehead atoms. The summed E-state index contributed by atoms with van der Waals surface area (Å²) in [7, 11) is 0. The third-order valence-electron chi connectivity index (χ3n) is 8.71. The summed E-state index contributed by atoms with van der Waals surface area (Å²) in [6.07, 6.45) is 10.7. The van der Waals surface area contributed by atoms with E-state index < -0.39 is 0 Å². The molecule has 0 radical (unpaired) electrons. The van der Waals surface area contributed by atoms with Gasteiger partial charge < -0.3 is 24.7 Å². The zero-order valence-electron chi connectivity index (χ0n) is 21.0. The standard InChI is InChI=1S/C28H33N5O3S/c29-26-25-23(19-2-1-3-22(12-19)35-16-28-6-4-21(36-28)5-7-28)14-33(27(25)31-17-30-26)20-10-18(11-20)13-32-8-9-37-15-24(32)34/h1-3,12,14,17-18,20-21H,4-11,13,15-16H2,(H2,29,30,31). The first-order valence-corrected chi connectivity index (χ1v) is 14.6. The number of carbonyl (C=O) groups excluding carboxylic acids is 1. The van der Waals surface area contributed by atoms with E-state index in [2.05, 4.69) is 32.9 Å². The molecule has 8 nitrogen and oxygen atoms in total. The molecule has 4 aliphatic rings. The van der Waals surface area contributed by atoms with Crippen LogP contribution in [-0.4, -0.2) is 68.2 Å². The van der Waals surface area contributed by atoms with Crippen LogP contribution in [0.5, 0.6) is 5.75 Å². The highest BCUT2D eigenvalue weighted by atomic mass is 32.2. The van der Waals surface area contributed by atoms with E-state index >= 15 is 0 Å². The van der Waals surface area contributed by atoms with Crippen LogP contribution in [0.2, 0.25) is 0 Å². The first-order chi connectivity index (χ1) is 18.1. The second-order valence-corrected chi connectivity index (χ2v) is 12.2. The maximum absolute atomic E-state index is 12.2. The van der Waals surface area contributed by atoms with Crippen LogP contribution >= 0.6 is 11.8 Å². The molecule has 5 heterocycles. The molecule has 1 amide bonds. The lowest BCUT2D eigenvalue weighted by atomic mass is 9.79. The number of nitrogens with two attached hydrogens (primary N) is 1. The predicted octanol–water partition coefficient (Wildman–Crippen LogP) is 4.30. The summed E-state index contributed by atoms with van der Waals surface area (Å²) in [4.78, 5) is 23.2. The van der Waals surface area contributed by atoms with Gasteiger partial charge in [0, 0.05) is 36.6 Å². The Kier molecular flexibility index (Phi) is 5.81. The average molecular weight is 520 g/mol. The molecule has 2 aromatic heterocycles. The van der Waals surface area contributed by atoms with Gasteiger partial charge in [-0.15, -0.1) is 0 Å². The minimum atomic E-state index is -0.104. The number of nitrogens with zero attached hydrogens (tertiary/aromatic N) is 4. The lowest BCUT2D eigenvalue weighted by molar-refractivity contribution is -0.129. The SMILES string of the molecule is Nc1ncnc2c1c(-c1cccc(OCC34CCC(CC3)O4)c1)cn2C1CC(CN2CCSCC2=O)C1. The Labute approximate surface area is 220 Å². The van der Waals surface area contributed by atoms with Gasteiger partial charge in [-0.2, -0.15) is 11.8 Å². The van der Waals surface area contributed by atoms with E-state index in [1.165, 1.54) is 0 Å².